The number of fused-ring (bicyclic) bond motifs is 1. The van der Waals surface area contributed by atoms with Crippen LogP contribution < -0.4 is 5.32 Å². The first-order valence-corrected chi connectivity index (χ1v) is 7.02. The van der Waals surface area contributed by atoms with Gasteiger partial charge in [0.1, 0.15) is 12.6 Å². The Balaban J connectivity index is 1.74. The number of hydrogen-bond acceptors (Lipinski definition) is 7. The van der Waals surface area contributed by atoms with E-state index in [1.54, 1.807) is 18.6 Å². The molecule has 1 aliphatic heterocycles. The Morgan fingerprint density at radius 2 is 2.27 bits per heavy atom. The minimum atomic E-state index is -0.0259. The quantitative estimate of drug-likeness (QED) is 0.762. The molecule has 0 aliphatic carbocycles. The zero-order valence-corrected chi connectivity index (χ0v) is 11.7. The fourth-order valence-electron chi connectivity index (χ4n) is 2.55. The summed E-state index contributed by atoms with van der Waals surface area (Å²) < 4.78 is 7.59. The van der Waals surface area contributed by atoms with E-state index in [1.807, 2.05) is 4.57 Å². The lowest BCUT2D eigenvalue weighted by Gasteiger charge is -2.11. The zero-order valence-electron chi connectivity index (χ0n) is 11.7. The van der Waals surface area contributed by atoms with E-state index in [9.17, 15) is 5.11 Å². The Hall–Kier alpha value is -2.74. The van der Waals surface area contributed by atoms with Crippen molar-refractivity contribution in [1.29, 1.82) is 0 Å². The number of nitrogens with one attached hydrogen (secondary N) is 1. The van der Waals surface area contributed by atoms with Gasteiger partial charge in [-0.2, -0.15) is 0 Å². The lowest BCUT2D eigenvalue weighted by Crippen LogP contribution is -2.06. The maximum Gasteiger partial charge on any atom is 0.167 e. The van der Waals surface area contributed by atoms with Crippen LogP contribution in [-0.2, 0) is 4.74 Å². The number of imidazole rings is 1. The molecule has 1 unspecified atom stereocenters. The van der Waals surface area contributed by atoms with Crippen LogP contribution in [-0.4, -0.2) is 36.2 Å². The van der Waals surface area contributed by atoms with E-state index in [0.29, 0.717) is 22.7 Å². The summed E-state index contributed by atoms with van der Waals surface area (Å²) in [7, 11) is 0. The van der Waals surface area contributed by atoms with Gasteiger partial charge in [-0.15, -0.1) is 0 Å². The maximum atomic E-state index is 9.81. The number of nitrogens with zero attached hydrogens (tertiary/aromatic N) is 5. The van der Waals surface area contributed by atoms with Crippen molar-refractivity contribution in [3.05, 3.63) is 31.1 Å². The van der Waals surface area contributed by atoms with Crippen LogP contribution in [0.2, 0.25) is 0 Å². The summed E-state index contributed by atoms with van der Waals surface area (Å²) in [6.07, 6.45) is 8.09. The van der Waals surface area contributed by atoms with Gasteiger partial charge in [0.2, 0.25) is 0 Å². The minimum Gasteiger partial charge on any atom is -0.504 e. The summed E-state index contributed by atoms with van der Waals surface area (Å²) in [5.41, 5.74) is 1.86. The molecular weight excluding hydrogens is 284 g/mol. The van der Waals surface area contributed by atoms with Gasteiger partial charge in [-0.05, 0) is 18.9 Å². The average Bonchev–Trinajstić information content (AvgIpc) is 3.18. The summed E-state index contributed by atoms with van der Waals surface area (Å²) in [5.74, 6) is 0.580. The van der Waals surface area contributed by atoms with Crippen LogP contribution in [0.1, 0.15) is 19.1 Å². The van der Waals surface area contributed by atoms with E-state index in [1.165, 1.54) is 12.5 Å². The Bertz CT molecular complexity index is 812. The highest BCUT2D eigenvalue weighted by Gasteiger charge is 2.21. The van der Waals surface area contributed by atoms with Gasteiger partial charge in [-0.25, -0.2) is 15.0 Å². The molecular formula is C14H14N6O2. The third-order valence-corrected chi connectivity index (χ3v) is 3.63. The Labute approximate surface area is 125 Å². The van der Waals surface area contributed by atoms with E-state index >= 15 is 0 Å². The van der Waals surface area contributed by atoms with E-state index in [4.69, 9.17) is 4.74 Å². The molecule has 4 rings (SSSR count). The Morgan fingerprint density at radius 1 is 1.32 bits per heavy atom. The van der Waals surface area contributed by atoms with Gasteiger partial charge in [-0.3, -0.25) is 9.55 Å². The number of aromatic nitrogens is 5. The summed E-state index contributed by atoms with van der Waals surface area (Å²) >= 11 is 0. The molecule has 1 saturated heterocycles. The molecule has 112 valence electrons. The van der Waals surface area contributed by atoms with Crippen LogP contribution in [0, 0.1) is 0 Å². The summed E-state index contributed by atoms with van der Waals surface area (Å²) in [6.45, 7) is 0.755. The second-order valence-electron chi connectivity index (χ2n) is 5.03. The molecule has 8 heteroatoms. The highest BCUT2D eigenvalue weighted by atomic mass is 16.5. The van der Waals surface area contributed by atoms with Crippen molar-refractivity contribution in [2.24, 2.45) is 0 Å². The number of rotatable bonds is 3. The first-order valence-electron chi connectivity index (χ1n) is 7.02. The molecule has 0 bridgehead atoms. The van der Waals surface area contributed by atoms with Crippen LogP contribution in [0.3, 0.4) is 0 Å². The van der Waals surface area contributed by atoms with Crippen LogP contribution >= 0.6 is 0 Å². The highest BCUT2D eigenvalue weighted by Crippen LogP contribution is 2.30. The molecule has 4 heterocycles. The summed E-state index contributed by atoms with van der Waals surface area (Å²) in [6, 6.07) is 1.67. The summed E-state index contributed by atoms with van der Waals surface area (Å²) in [4.78, 5) is 16.8. The molecule has 1 fully saturated rings. The number of ether oxygens (including phenoxy) is 1. The van der Waals surface area contributed by atoms with Gasteiger partial charge < -0.3 is 15.2 Å². The van der Waals surface area contributed by atoms with E-state index in [2.05, 4.69) is 25.3 Å². The second kappa shape index (κ2) is 5.23. The topological polar surface area (TPSA) is 98.0 Å². The lowest BCUT2D eigenvalue weighted by molar-refractivity contribution is 0.0593. The van der Waals surface area contributed by atoms with E-state index < -0.39 is 0 Å². The van der Waals surface area contributed by atoms with Crippen molar-refractivity contribution in [3.8, 4) is 5.75 Å². The smallest absolute Gasteiger partial charge is 0.167 e. The number of aromatic hydroxyl groups is 1. The normalized spacial score (nSPS) is 17.9. The average molecular weight is 298 g/mol. The van der Waals surface area contributed by atoms with Gasteiger partial charge in [-0.1, -0.05) is 0 Å². The predicted octanol–water partition coefficient (Wildman–Crippen LogP) is 1.98. The molecule has 0 spiro atoms. The van der Waals surface area contributed by atoms with Crippen LogP contribution in [0.5, 0.6) is 5.75 Å². The van der Waals surface area contributed by atoms with Crippen molar-refractivity contribution in [1.82, 2.24) is 24.5 Å². The standard InChI is InChI=1S/C14H14N6O2/c21-10-6-15-4-3-9(10)19-13-12-14(17-7-16-13)20(8-18-12)11-2-1-5-22-11/h3-4,6-8,11,21H,1-2,5H2,(H,15,16,17,19). The zero-order chi connectivity index (χ0) is 14.9. The molecule has 0 saturated carbocycles. The maximum absolute atomic E-state index is 9.81. The van der Waals surface area contributed by atoms with Crippen molar-refractivity contribution >= 4 is 22.7 Å². The molecule has 1 aliphatic rings. The fourth-order valence-corrected chi connectivity index (χ4v) is 2.55. The molecule has 3 aromatic rings. The van der Waals surface area contributed by atoms with E-state index in [0.717, 1.165) is 19.4 Å². The Kier molecular flexibility index (Phi) is 3.08. The Morgan fingerprint density at radius 3 is 3.09 bits per heavy atom. The van der Waals surface area contributed by atoms with Crippen molar-refractivity contribution in [3.63, 3.8) is 0 Å². The first kappa shape index (κ1) is 13.0. The largest absolute Gasteiger partial charge is 0.504 e. The van der Waals surface area contributed by atoms with Crippen molar-refractivity contribution in [2.45, 2.75) is 19.1 Å². The van der Waals surface area contributed by atoms with Crippen molar-refractivity contribution in [2.75, 3.05) is 11.9 Å². The monoisotopic (exact) mass is 298 g/mol. The second-order valence-corrected chi connectivity index (χ2v) is 5.03. The molecule has 8 nitrogen and oxygen atoms in total. The summed E-state index contributed by atoms with van der Waals surface area (Å²) in [5, 5.41) is 12.9. The van der Waals surface area contributed by atoms with Crippen molar-refractivity contribution < 1.29 is 9.84 Å². The van der Waals surface area contributed by atoms with E-state index in [-0.39, 0.29) is 12.0 Å². The lowest BCUT2D eigenvalue weighted by atomic mass is 10.3. The molecule has 0 amide bonds. The molecule has 22 heavy (non-hydrogen) atoms. The fraction of sp³-hybridized carbons (Fsp3) is 0.286. The SMILES string of the molecule is Oc1cnccc1Nc1ncnc2c1ncn2C1CCCO1. The molecule has 3 aromatic heterocycles. The number of anilines is 2. The first-order chi connectivity index (χ1) is 10.8. The molecule has 0 aromatic carbocycles. The number of hydrogen-bond donors (Lipinski definition) is 2. The van der Waals surface area contributed by atoms with Crippen LogP contribution in [0.4, 0.5) is 11.5 Å². The molecule has 1 atom stereocenters. The molecule has 0 radical (unpaired) electrons. The number of pyridine rings is 1. The van der Waals surface area contributed by atoms with Gasteiger partial charge in [0.15, 0.2) is 22.7 Å². The van der Waals surface area contributed by atoms with Gasteiger partial charge in [0, 0.05) is 12.8 Å². The predicted molar refractivity (Wildman–Crippen MR) is 78.7 cm³/mol. The van der Waals surface area contributed by atoms with Crippen LogP contribution in [0.15, 0.2) is 31.1 Å². The van der Waals surface area contributed by atoms with Gasteiger partial charge in [0.25, 0.3) is 0 Å². The minimum absolute atomic E-state index is 0.0259. The highest BCUT2D eigenvalue weighted by molar-refractivity contribution is 5.85. The van der Waals surface area contributed by atoms with Gasteiger partial charge >= 0.3 is 0 Å². The third-order valence-electron chi connectivity index (χ3n) is 3.63. The van der Waals surface area contributed by atoms with Gasteiger partial charge in [0.05, 0.1) is 18.2 Å². The molecule has 2 N–H and O–H groups in total. The van der Waals surface area contributed by atoms with Crippen LogP contribution in [0.25, 0.3) is 11.2 Å². The third kappa shape index (κ3) is 2.13.